The summed E-state index contributed by atoms with van der Waals surface area (Å²) in [4.78, 5) is 0. The van der Waals surface area contributed by atoms with Gasteiger partial charge in [0.2, 0.25) is 0 Å². The first-order valence-electron chi connectivity index (χ1n) is 5.74. The third kappa shape index (κ3) is 3.35. The maximum atomic E-state index is 6.14. The largest absolute Gasteiger partial charge is 0.374 e. The van der Waals surface area contributed by atoms with Crippen molar-refractivity contribution in [3.63, 3.8) is 0 Å². The maximum absolute atomic E-state index is 6.14. The van der Waals surface area contributed by atoms with Crippen LogP contribution in [0.25, 0.3) is 0 Å². The highest BCUT2D eigenvalue weighted by molar-refractivity contribution is 6.31. The molecule has 1 aromatic carbocycles. The Balaban J connectivity index is 1.90. The van der Waals surface area contributed by atoms with Crippen LogP contribution in [0.2, 0.25) is 5.02 Å². The third-order valence-corrected chi connectivity index (χ3v) is 3.73. The second kappa shape index (κ2) is 6.05. The molecule has 1 heterocycles. The lowest BCUT2D eigenvalue weighted by Gasteiger charge is -2.13. The Hall–Kier alpha value is -0.280. The van der Waals surface area contributed by atoms with Crippen molar-refractivity contribution in [2.75, 3.05) is 12.5 Å². The zero-order chi connectivity index (χ0) is 12.3. The molecule has 1 aromatic rings. The Kier molecular flexibility index (Phi) is 4.69. The second-order valence-corrected chi connectivity index (χ2v) is 5.03. The van der Waals surface area contributed by atoms with E-state index in [0.717, 1.165) is 22.6 Å². The van der Waals surface area contributed by atoms with Gasteiger partial charge in [-0.2, -0.15) is 0 Å². The van der Waals surface area contributed by atoms with Crippen LogP contribution in [0, 0.1) is 6.92 Å². The smallest absolute Gasteiger partial charge is 0.0838 e. The lowest BCUT2D eigenvalue weighted by Crippen LogP contribution is -2.13. The molecule has 0 aliphatic carbocycles. The number of hydrogen-bond donors (Lipinski definition) is 0. The highest BCUT2D eigenvalue weighted by Gasteiger charge is 2.25. The molecule has 1 aliphatic heterocycles. The first kappa shape index (κ1) is 13.2. The average molecular weight is 275 g/mol. The van der Waals surface area contributed by atoms with Crippen molar-refractivity contribution in [1.29, 1.82) is 0 Å². The molecular formula is C13H16Cl2O2. The Morgan fingerprint density at radius 2 is 2.29 bits per heavy atom. The third-order valence-electron chi connectivity index (χ3n) is 3.03. The van der Waals surface area contributed by atoms with Gasteiger partial charge in [-0.3, -0.25) is 0 Å². The molecule has 0 bridgehead atoms. The minimum absolute atomic E-state index is 0.133. The van der Waals surface area contributed by atoms with E-state index in [-0.39, 0.29) is 12.2 Å². The van der Waals surface area contributed by atoms with Gasteiger partial charge in [-0.15, -0.1) is 11.6 Å². The second-order valence-electron chi connectivity index (χ2n) is 4.31. The van der Waals surface area contributed by atoms with Gasteiger partial charge in [0.05, 0.1) is 25.4 Å². The molecular weight excluding hydrogens is 259 g/mol. The molecule has 2 atom stereocenters. The van der Waals surface area contributed by atoms with Gasteiger partial charge in [0.25, 0.3) is 0 Å². The minimum atomic E-state index is 0.133. The summed E-state index contributed by atoms with van der Waals surface area (Å²) in [6, 6.07) is 5.88. The summed E-state index contributed by atoms with van der Waals surface area (Å²) < 4.78 is 11.3. The summed E-state index contributed by atoms with van der Waals surface area (Å²) in [5.41, 5.74) is 2.22. The van der Waals surface area contributed by atoms with Crippen LogP contribution in [-0.4, -0.2) is 24.7 Å². The first-order valence-corrected chi connectivity index (χ1v) is 6.65. The number of alkyl halides is 1. The van der Waals surface area contributed by atoms with E-state index in [1.165, 1.54) is 0 Å². The lowest BCUT2D eigenvalue weighted by atomic mass is 10.1. The van der Waals surface area contributed by atoms with Crippen LogP contribution in [0.4, 0.5) is 0 Å². The van der Waals surface area contributed by atoms with E-state index < -0.39 is 0 Å². The van der Waals surface area contributed by atoms with Crippen LogP contribution in [0.3, 0.4) is 0 Å². The van der Waals surface area contributed by atoms with Crippen LogP contribution in [-0.2, 0) is 16.1 Å². The van der Waals surface area contributed by atoms with Gasteiger partial charge in [-0.1, -0.05) is 23.7 Å². The fourth-order valence-corrected chi connectivity index (χ4v) is 2.44. The lowest BCUT2D eigenvalue weighted by molar-refractivity contribution is 0.0286. The van der Waals surface area contributed by atoms with Gasteiger partial charge in [0.15, 0.2) is 0 Å². The van der Waals surface area contributed by atoms with Crippen LogP contribution in [0.1, 0.15) is 17.5 Å². The molecule has 2 rings (SSSR count). The zero-order valence-corrected chi connectivity index (χ0v) is 11.3. The fraction of sp³-hybridized carbons (Fsp3) is 0.538. The van der Waals surface area contributed by atoms with Crippen molar-refractivity contribution in [3.8, 4) is 0 Å². The van der Waals surface area contributed by atoms with Crippen molar-refractivity contribution in [2.24, 2.45) is 0 Å². The van der Waals surface area contributed by atoms with Crippen molar-refractivity contribution < 1.29 is 9.47 Å². The molecule has 4 heteroatoms. The van der Waals surface area contributed by atoms with Gasteiger partial charge in [0, 0.05) is 17.3 Å². The van der Waals surface area contributed by atoms with Crippen molar-refractivity contribution in [2.45, 2.75) is 32.2 Å². The first-order chi connectivity index (χ1) is 8.20. The normalized spacial score (nSPS) is 24.2. The molecule has 94 valence electrons. The number of rotatable bonds is 4. The van der Waals surface area contributed by atoms with E-state index in [2.05, 4.69) is 0 Å². The Bertz CT molecular complexity index is 361. The number of ether oxygens (including phenoxy) is 2. The number of aryl methyl sites for hydroxylation is 1. The summed E-state index contributed by atoms with van der Waals surface area (Å²) in [7, 11) is 0. The Labute approximate surface area is 112 Å². The Morgan fingerprint density at radius 3 is 2.94 bits per heavy atom. The monoisotopic (exact) mass is 274 g/mol. The molecule has 0 saturated carbocycles. The van der Waals surface area contributed by atoms with E-state index in [1.807, 2.05) is 25.1 Å². The van der Waals surface area contributed by atoms with Crippen LogP contribution < -0.4 is 0 Å². The number of halogens is 2. The number of hydrogen-bond acceptors (Lipinski definition) is 2. The van der Waals surface area contributed by atoms with Crippen molar-refractivity contribution in [3.05, 3.63) is 34.3 Å². The standard InChI is InChI=1S/C13H16Cl2O2/c1-9-3-2-4-13(15)12(9)8-17-11-5-10(6-14)16-7-11/h2-4,10-11H,5-8H2,1H3. The van der Waals surface area contributed by atoms with Crippen molar-refractivity contribution in [1.82, 2.24) is 0 Å². The summed E-state index contributed by atoms with van der Waals surface area (Å²) in [5, 5.41) is 0.762. The van der Waals surface area contributed by atoms with Crippen LogP contribution >= 0.6 is 23.2 Å². The van der Waals surface area contributed by atoms with E-state index in [4.69, 9.17) is 32.7 Å². The molecule has 0 amide bonds. The van der Waals surface area contributed by atoms with E-state index >= 15 is 0 Å². The zero-order valence-electron chi connectivity index (χ0n) is 9.79. The highest BCUT2D eigenvalue weighted by Crippen LogP contribution is 2.23. The molecule has 0 aromatic heterocycles. The molecule has 1 saturated heterocycles. The predicted molar refractivity (Wildman–Crippen MR) is 69.8 cm³/mol. The molecule has 1 aliphatic rings. The minimum Gasteiger partial charge on any atom is -0.374 e. The summed E-state index contributed by atoms with van der Waals surface area (Å²) in [6.07, 6.45) is 1.14. The fourth-order valence-electron chi connectivity index (χ4n) is 1.95. The average Bonchev–Trinajstić information content (AvgIpc) is 2.76. The van der Waals surface area contributed by atoms with Gasteiger partial charge in [0.1, 0.15) is 0 Å². The SMILES string of the molecule is Cc1cccc(Cl)c1COC1COC(CCl)C1. The molecule has 0 spiro atoms. The van der Waals surface area contributed by atoms with Gasteiger partial charge in [-0.25, -0.2) is 0 Å². The van der Waals surface area contributed by atoms with Gasteiger partial charge in [-0.05, 0) is 24.1 Å². The predicted octanol–water partition coefficient (Wildman–Crippen LogP) is 3.56. The maximum Gasteiger partial charge on any atom is 0.0838 e. The molecule has 17 heavy (non-hydrogen) atoms. The molecule has 0 N–H and O–H groups in total. The summed E-state index contributed by atoms with van der Waals surface area (Å²) >= 11 is 11.9. The van der Waals surface area contributed by atoms with Crippen LogP contribution in [0.5, 0.6) is 0 Å². The molecule has 2 nitrogen and oxygen atoms in total. The highest BCUT2D eigenvalue weighted by atomic mass is 35.5. The van der Waals surface area contributed by atoms with Gasteiger partial charge >= 0.3 is 0 Å². The molecule has 2 unspecified atom stereocenters. The van der Waals surface area contributed by atoms with E-state index in [0.29, 0.717) is 19.1 Å². The topological polar surface area (TPSA) is 18.5 Å². The summed E-state index contributed by atoms with van der Waals surface area (Å²) in [5.74, 6) is 0.533. The molecule has 0 radical (unpaired) electrons. The van der Waals surface area contributed by atoms with Crippen molar-refractivity contribution >= 4 is 23.2 Å². The number of benzene rings is 1. The van der Waals surface area contributed by atoms with E-state index in [1.54, 1.807) is 0 Å². The molecule has 1 fully saturated rings. The Morgan fingerprint density at radius 1 is 1.47 bits per heavy atom. The van der Waals surface area contributed by atoms with E-state index in [9.17, 15) is 0 Å². The summed E-state index contributed by atoms with van der Waals surface area (Å²) in [6.45, 7) is 3.20. The van der Waals surface area contributed by atoms with Gasteiger partial charge < -0.3 is 9.47 Å². The quantitative estimate of drug-likeness (QED) is 0.782. The van der Waals surface area contributed by atoms with Crippen LogP contribution in [0.15, 0.2) is 18.2 Å².